The van der Waals surface area contributed by atoms with Gasteiger partial charge in [-0.15, -0.1) is 0 Å². The minimum atomic E-state index is -1.31. The number of carboxylic acids is 1. The van der Waals surface area contributed by atoms with Crippen LogP contribution < -0.4 is 15.4 Å². The number of carbonyl (C=O) groups is 2. The van der Waals surface area contributed by atoms with E-state index in [-0.39, 0.29) is 29.6 Å². The molecule has 1 heterocycles. The normalized spacial score (nSPS) is 11.7. The molecule has 0 radical (unpaired) electrons. The highest BCUT2D eigenvalue weighted by Crippen LogP contribution is 2.32. The number of nitrogens with zero attached hydrogens (tertiary/aromatic N) is 1. The van der Waals surface area contributed by atoms with Crippen molar-refractivity contribution < 1.29 is 24.5 Å². The van der Waals surface area contributed by atoms with Gasteiger partial charge in [0.15, 0.2) is 5.56 Å². The average molecular weight is 420 g/mol. The Morgan fingerprint density at radius 2 is 2.12 bits per heavy atom. The van der Waals surface area contributed by atoms with E-state index in [4.69, 9.17) is 33.0 Å². The molecule has 0 aliphatic heterocycles. The van der Waals surface area contributed by atoms with Crippen molar-refractivity contribution in [1.82, 2.24) is 9.69 Å². The summed E-state index contributed by atoms with van der Waals surface area (Å²) in [6.07, 6.45) is -0.734. The molecule has 4 N–H and O–H groups in total. The van der Waals surface area contributed by atoms with Crippen molar-refractivity contribution >= 4 is 51.7 Å². The van der Waals surface area contributed by atoms with Crippen LogP contribution in [0.4, 0.5) is 9.80 Å². The molecule has 1 aromatic heterocycles. The number of ether oxygens (including phenoxy) is 1. The van der Waals surface area contributed by atoms with E-state index in [1.165, 1.54) is 6.92 Å². The molecule has 0 fully saturated rings. The summed E-state index contributed by atoms with van der Waals surface area (Å²) in [5.74, 6) is -1.46. The zero-order valence-electron chi connectivity index (χ0n) is 13.5. The number of hydrogen-bond acceptors (Lipinski definition) is 6. The minimum absolute atomic E-state index is 0.00721. The highest BCUT2D eigenvalue weighted by atomic mass is 35.5. The summed E-state index contributed by atoms with van der Waals surface area (Å²) < 4.78 is 9.37. The highest BCUT2D eigenvalue weighted by molar-refractivity contribution is 7.11. The third-order valence-corrected chi connectivity index (χ3v) is 4.66. The van der Waals surface area contributed by atoms with Crippen LogP contribution in [0.5, 0.6) is 5.88 Å². The Bertz CT molecular complexity index is 813. The molecule has 8 nitrogen and oxygen atoms in total. The van der Waals surface area contributed by atoms with Gasteiger partial charge in [-0.25, -0.2) is 9.59 Å². The molecular formula is C15H15Cl2N3O5S. The van der Waals surface area contributed by atoms with Crippen LogP contribution in [0.1, 0.15) is 22.8 Å². The molecule has 1 atom stereocenters. The summed E-state index contributed by atoms with van der Waals surface area (Å²) in [5, 5.41) is 24.0. The van der Waals surface area contributed by atoms with Crippen LogP contribution in [0.3, 0.4) is 0 Å². The number of aromatic nitrogens is 1. The Morgan fingerprint density at radius 3 is 2.77 bits per heavy atom. The van der Waals surface area contributed by atoms with Crippen molar-refractivity contribution in [3.05, 3.63) is 39.4 Å². The van der Waals surface area contributed by atoms with Crippen LogP contribution in [0, 0.1) is 0 Å². The van der Waals surface area contributed by atoms with Gasteiger partial charge in [-0.05, 0) is 24.5 Å². The quantitative estimate of drug-likeness (QED) is 0.546. The van der Waals surface area contributed by atoms with Gasteiger partial charge < -0.3 is 20.3 Å². The third-order valence-electron chi connectivity index (χ3n) is 3.06. The fraction of sp³-hybridized carbons (Fsp3) is 0.267. The number of amides is 2. The summed E-state index contributed by atoms with van der Waals surface area (Å²) in [4.78, 5) is 23.3. The van der Waals surface area contributed by atoms with Crippen molar-refractivity contribution in [2.24, 2.45) is 0 Å². The van der Waals surface area contributed by atoms with Crippen molar-refractivity contribution in [3.8, 4) is 5.88 Å². The lowest BCUT2D eigenvalue weighted by atomic mass is 10.2. The Labute approximate surface area is 162 Å². The zero-order valence-corrected chi connectivity index (χ0v) is 15.8. The number of aliphatic hydroxyl groups excluding tert-OH is 1. The van der Waals surface area contributed by atoms with Crippen molar-refractivity contribution in [2.45, 2.75) is 19.6 Å². The van der Waals surface area contributed by atoms with Gasteiger partial charge in [0.1, 0.15) is 11.6 Å². The van der Waals surface area contributed by atoms with Crippen molar-refractivity contribution in [3.63, 3.8) is 0 Å². The predicted octanol–water partition coefficient (Wildman–Crippen LogP) is 3.23. The Hall–Kier alpha value is -2.07. The SMILES string of the molecule is CC(O)CNC(=O)Nc1snc(OCc2cccc(Cl)c2Cl)c1C(=O)O. The second-order valence-corrected chi connectivity index (χ2v) is 6.74. The largest absolute Gasteiger partial charge is 0.477 e. The van der Waals surface area contributed by atoms with Crippen LogP contribution in [0.2, 0.25) is 10.0 Å². The molecule has 0 saturated carbocycles. The molecule has 26 heavy (non-hydrogen) atoms. The van der Waals surface area contributed by atoms with Crippen LogP contribution in [-0.4, -0.2) is 39.2 Å². The third kappa shape index (κ3) is 5.21. The van der Waals surface area contributed by atoms with Gasteiger partial charge in [-0.3, -0.25) is 5.32 Å². The maximum atomic E-state index is 11.7. The number of rotatable bonds is 7. The molecule has 0 aliphatic carbocycles. The molecule has 1 aromatic carbocycles. The Kier molecular flexibility index (Phi) is 7.04. The highest BCUT2D eigenvalue weighted by Gasteiger charge is 2.23. The van der Waals surface area contributed by atoms with E-state index >= 15 is 0 Å². The van der Waals surface area contributed by atoms with Gasteiger partial charge >= 0.3 is 12.0 Å². The van der Waals surface area contributed by atoms with E-state index in [0.29, 0.717) is 15.6 Å². The van der Waals surface area contributed by atoms with E-state index in [9.17, 15) is 14.7 Å². The minimum Gasteiger partial charge on any atom is -0.477 e. The monoisotopic (exact) mass is 419 g/mol. The number of benzene rings is 1. The number of halogens is 2. The maximum Gasteiger partial charge on any atom is 0.344 e. The first-order valence-electron chi connectivity index (χ1n) is 7.31. The second kappa shape index (κ2) is 9.04. The molecule has 0 spiro atoms. The number of carbonyl (C=O) groups excluding carboxylic acids is 1. The first-order valence-corrected chi connectivity index (χ1v) is 8.84. The molecule has 2 aromatic rings. The molecule has 2 amide bonds. The Balaban J connectivity index is 2.12. The molecular weight excluding hydrogens is 405 g/mol. The Morgan fingerprint density at radius 1 is 1.38 bits per heavy atom. The van der Waals surface area contributed by atoms with Crippen molar-refractivity contribution in [2.75, 3.05) is 11.9 Å². The van der Waals surface area contributed by atoms with Gasteiger partial charge in [-0.2, -0.15) is 4.37 Å². The van der Waals surface area contributed by atoms with E-state index in [1.807, 2.05) is 0 Å². The molecule has 2 rings (SSSR count). The molecule has 0 saturated heterocycles. The number of aromatic carboxylic acids is 1. The number of carboxylic acid groups (broad SMARTS) is 1. The van der Waals surface area contributed by atoms with E-state index in [0.717, 1.165) is 11.5 Å². The lowest BCUT2D eigenvalue weighted by Gasteiger charge is -2.09. The number of anilines is 1. The molecule has 1 unspecified atom stereocenters. The van der Waals surface area contributed by atoms with Gasteiger partial charge in [-0.1, -0.05) is 35.3 Å². The summed E-state index contributed by atoms with van der Waals surface area (Å²) in [6.45, 7) is 1.48. The second-order valence-electron chi connectivity index (χ2n) is 5.18. The smallest absolute Gasteiger partial charge is 0.344 e. The fourth-order valence-corrected chi connectivity index (χ4v) is 2.94. The van der Waals surface area contributed by atoms with Crippen molar-refractivity contribution in [1.29, 1.82) is 0 Å². The lowest BCUT2D eigenvalue weighted by molar-refractivity contribution is 0.0693. The number of urea groups is 1. The van der Waals surface area contributed by atoms with Crippen LogP contribution >= 0.6 is 34.7 Å². The molecule has 140 valence electrons. The van der Waals surface area contributed by atoms with E-state index in [1.54, 1.807) is 18.2 Å². The van der Waals surface area contributed by atoms with Crippen LogP contribution in [0.25, 0.3) is 0 Å². The number of nitrogens with one attached hydrogen (secondary N) is 2. The predicted molar refractivity (Wildman–Crippen MR) is 98.6 cm³/mol. The van der Waals surface area contributed by atoms with Gasteiger partial charge in [0.25, 0.3) is 0 Å². The standard InChI is InChI=1S/C15H15Cl2N3O5S/c1-7(21)5-18-15(24)19-13-10(14(22)23)12(20-26-13)25-6-8-3-2-4-9(16)11(8)17/h2-4,7,21H,5-6H2,1H3,(H,22,23)(H2,18,19,24). The van der Waals surface area contributed by atoms with E-state index < -0.39 is 18.1 Å². The number of hydrogen-bond donors (Lipinski definition) is 4. The van der Waals surface area contributed by atoms with Crippen LogP contribution in [0.15, 0.2) is 18.2 Å². The zero-order chi connectivity index (χ0) is 19.3. The first-order chi connectivity index (χ1) is 12.3. The van der Waals surface area contributed by atoms with Gasteiger partial charge in [0.2, 0.25) is 5.88 Å². The summed E-state index contributed by atoms with van der Waals surface area (Å²) in [5.41, 5.74) is 0.285. The molecule has 0 bridgehead atoms. The fourth-order valence-electron chi connectivity index (χ4n) is 1.84. The van der Waals surface area contributed by atoms with Crippen LogP contribution in [-0.2, 0) is 6.61 Å². The summed E-state index contributed by atoms with van der Waals surface area (Å²) >= 11 is 12.7. The first kappa shape index (κ1) is 20.2. The van der Waals surface area contributed by atoms with Gasteiger partial charge in [0, 0.05) is 12.1 Å². The van der Waals surface area contributed by atoms with Gasteiger partial charge in [0.05, 0.1) is 16.1 Å². The summed E-state index contributed by atoms with van der Waals surface area (Å²) in [6, 6.07) is 4.32. The number of aliphatic hydroxyl groups is 1. The average Bonchev–Trinajstić information content (AvgIpc) is 2.97. The molecule has 0 aliphatic rings. The van der Waals surface area contributed by atoms with E-state index in [2.05, 4.69) is 15.0 Å². The molecule has 11 heteroatoms. The summed E-state index contributed by atoms with van der Waals surface area (Å²) in [7, 11) is 0. The lowest BCUT2D eigenvalue weighted by Crippen LogP contribution is -2.34. The topological polar surface area (TPSA) is 121 Å². The maximum absolute atomic E-state index is 11.7.